The van der Waals surface area contributed by atoms with Crippen molar-refractivity contribution < 1.29 is 28.5 Å². The SMILES string of the molecule is CCOC(=O)C(CCCCCCOc1ccc(N=Nc2ccc(OC)cc2)cc1)C(=O)OCC. The van der Waals surface area contributed by atoms with Crippen LogP contribution in [0.3, 0.4) is 0 Å². The number of unbranched alkanes of at least 4 members (excludes halogenated alkanes) is 3. The first-order valence-corrected chi connectivity index (χ1v) is 11.7. The maximum atomic E-state index is 12.0. The number of nitrogens with zero attached hydrogens (tertiary/aromatic N) is 2. The molecule has 0 N–H and O–H groups in total. The molecule has 0 aliphatic heterocycles. The Bertz CT molecular complexity index is 879. The van der Waals surface area contributed by atoms with Gasteiger partial charge < -0.3 is 18.9 Å². The molecule has 0 aromatic heterocycles. The van der Waals surface area contributed by atoms with Crippen LogP contribution in [0, 0.1) is 5.92 Å². The molecule has 0 spiro atoms. The average molecular weight is 471 g/mol. The second-order valence-corrected chi connectivity index (χ2v) is 7.50. The molecule has 0 heterocycles. The number of ether oxygens (including phenoxy) is 4. The zero-order valence-corrected chi connectivity index (χ0v) is 20.2. The van der Waals surface area contributed by atoms with E-state index in [2.05, 4.69) is 10.2 Å². The lowest BCUT2D eigenvalue weighted by Crippen LogP contribution is -2.28. The first kappa shape index (κ1) is 26.8. The number of esters is 2. The first-order valence-electron chi connectivity index (χ1n) is 11.7. The average Bonchev–Trinajstić information content (AvgIpc) is 2.85. The van der Waals surface area contributed by atoms with E-state index < -0.39 is 17.9 Å². The number of carbonyl (C=O) groups excluding carboxylic acids is 2. The fourth-order valence-electron chi connectivity index (χ4n) is 3.19. The summed E-state index contributed by atoms with van der Waals surface area (Å²) in [4.78, 5) is 24.0. The quantitative estimate of drug-likeness (QED) is 0.133. The monoisotopic (exact) mass is 470 g/mol. The maximum Gasteiger partial charge on any atom is 0.320 e. The Kier molecular flexibility index (Phi) is 12.2. The molecule has 0 amide bonds. The lowest BCUT2D eigenvalue weighted by atomic mass is 10.0. The van der Waals surface area contributed by atoms with E-state index in [-0.39, 0.29) is 13.2 Å². The molecule has 0 saturated heterocycles. The van der Waals surface area contributed by atoms with E-state index in [1.54, 1.807) is 21.0 Å². The van der Waals surface area contributed by atoms with E-state index in [0.29, 0.717) is 13.0 Å². The molecule has 0 fully saturated rings. The van der Waals surface area contributed by atoms with Gasteiger partial charge in [0.25, 0.3) is 0 Å². The van der Waals surface area contributed by atoms with Crippen LogP contribution in [0.15, 0.2) is 58.8 Å². The molecule has 2 aromatic carbocycles. The van der Waals surface area contributed by atoms with Crippen molar-refractivity contribution in [1.29, 1.82) is 0 Å². The summed E-state index contributed by atoms with van der Waals surface area (Å²) in [6.07, 6.45) is 3.89. The summed E-state index contributed by atoms with van der Waals surface area (Å²) in [6.45, 7) is 4.53. The maximum absolute atomic E-state index is 12.0. The van der Waals surface area contributed by atoms with Gasteiger partial charge in [0.05, 0.1) is 38.3 Å². The van der Waals surface area contributed by atoms with Gasteiger partial charge in [-0.05, 0) is 75.2 Å². The Morgan fingerprint density at radius 3 is 1.74 bits per heavy atom. The third-order valence-electron chi connectivity index (χ3n) is 4.99. The zero-order valence-electron chi connectivity index (χ0n) is 20.2. The highest BCUT2D eigenvalue weighted by molar-refractivity contribution is 5.94. The number of azo groups is 1. The summed E-state index contributed by atoms with van der Waals surface area (Å²) in [7, 11) is 1.62. The number of carbonyl (C=O) groups is 2. The van der Waals surface area contributed by atoms with Crippen molar-refractivity contribution in [2.24, 2.45) is 16.1 Å². The second-order valence-electron chi connectivity index (χ2n) is 7.50. The van der Waals surface area contributed by atoms with Crippen LogP contribution >= 0.6 is 0 Å². The molecule has 0 saturated carbocycles. The van der Waals surface area contributed by atoms with Gasteiger partial charge in [-0.2, -0.15) is 10.2 Å². The smallest absolute Gasteiger partial charge is 0.320 e. The number of hydrogen-bond donors (Lipinski definition) is 0. The minimum absolute atomic E-state index is 0.249. The highest BCUT2D eigenvalue weighted by Crippen LogP contribution is 2.23. The zero-order chi connectivity index (χ0) is 24.6. The van der Waals surface area contributed by atoms with Crippen LogP contribution in [0.2, 0.25) is 0 Å². The summed E-state index contributed by atoms with van der Waals surface area (Å²) in [5.74, 6) is -0.296. The largest absolute Gasteiger partial charge is 0.497 e. The van der Waals surface area contributed by atoms with Crippen LogP contribution < -0.4 is 9.47 Å². The molecule has 0 bridgehead atoms. The molecule has 2 aromatic rings. The molecular formula is C26H34N2O6. The van der Waals surface area contributed by atoms with E-state index >= 15 is 0 Å². The van der Waals surface area contributed by atoms with Crippen LogP contribution in [-0.2, 0) is 19.1 Å². The number of benzene rings is 2. The number of hydrogen-bond acceptors (Lipinski definition) is 8. The molecule has 8 heteroatoms. The van der Waals surface area contributed by atoms with Crippen LogP contribution in [0.1, 0.15) is 46.0 Å². The fraction of sp³-hybridized carbons (Fsp3) is 0.462. The minimum Gasteiger partial charge on any atom is -0.497 e. The highest BCUT2D eigenvalue weighted by atomic mass is 16.6. The Balaban J connectivity index is 1.66. The molecule has 0 unspecified atom stereocenters. The van der Waals surface area contributed by atoms with Gasteiger partial charge in [0, 0.05) is 0 Å². The highest BCUT2D eigenvalue weighted by Gasteiger charge is 2.28. The molecule has 0 aliphatic carbocycles. The molecule has 184 valence electrons. The van der Waals surface area contributed by atoms with Crippen molar-refractivity contribution in [3.63, 3.8) is 0 Å². The van der Waals surface area contributed by atoms with Crippen LogP contribution in [0.25, 0.3) is 0 Å². The van der Waals surface area contributed by atoms with Gasteiger partial charge >= 0.3 is 11.9 Å². The number of rotatable bonds is 15. The molecule has 8 nitrogen and oxygen atoms in total. The Morgan fingerprint density at radius 1 is 0.735 bits per heavy atom. The summed E-state index contributed by atoms with van der Waals surface area (Å²) in [5.41, 5.74) is 1.48. The van der Waals surface area contributed by atoms with E-state index in [9.17, 15) is 9.59 Å². The van der Waals surface area contributed by atoms with Crippen molar-refractivity contribution in [2.75, 3.05) is 26.9 Å². The standard InChI is InChI=1S/C26H34N2O6/c1-4-32-25(29)24(26(30)33-5-2)10-8-6-7-9-19-34-23-17-13-21(14-18-23)28-27-20-11-15-22(31-3)16-12-20/h11-18,24H,4-10,19H2,1-3H3. The van der Waals surface area contributed by atoms with Crippen LogP contribution in [-0.4, -0.2) is 38.9 Å². The molecule has 2 rings (SSSR count). The van der Waals surface area contributed by atoms with Gasteiger partial charge in [-0.15, -0.1) is 0 Å². The van der Waals surface area contributed by atoms with Crippen LogP contribution in [0.4, 0.5) is 11.4 Å². The Labute approximate surface area is 201 Å². The molecule has 0 atom stereocenters. The van der Waals surface area contributed by atoms with E-state index in [0.717, 1.165) is 48.6 Å². The van der Waals surface area contributed by atoms with Gasteiger partial charge in [0.1, 0.15) is 11.5 Å². The predicted octanol–water partition coefficient (Wildman–Crippen LogP) is 6.18. The predicted molar refractivity (Wildman–Crippen MR) is 129 cm³/mol. The van der Waals surface area contributed by atoms with Crippen molar-refractivity contribution in [3.8, 4) is 11.5 Å². The molecular weight excluding hydrogens is 436 g/mol. The van der Waals surface area contributed by atoms with Gasteiger partial charge in [0.15, 0.2) is 5.92 Å². The molecule has 0 radical (unpaired) electrons. The number of methoxy groups -OCH3 is 1. The second kappa shape index (κ2) is 15.4. The lowest BCUT2D eigenvalue weighted by molar-refractivity contribution is -0.161. The van der Waals surface area contributed by atoms with E-state index in [1.165, 1.54) is 0 Å². The summed E-state index contributed by atoms with van der Waals surface area (Å²) in [6, 6.07) is 14.8. The van der Waals surface area contributed by atoms with Crippen molar-refractivity contribution in [2.45, 2.75) is 46.0 Å². The normalized spacial score (nSPS) is 10.9. The topological polar surface area (TPSA) is 95.8 Å². The third kappa shape index (κ3) is 9.60. The Hall–Kier alpha value is -3.42. The van der Waals surface area contributed by atoms with Crippen molar-refractivity contribution in [1.82, 2.24) is 0 Å². The van der Waals surface area contributed by atoms with Gasteiger partial charge in [-0.25, -0.2) is 0 Å². The fourth-order valence-corrected chi connectivity index (χ4v) is 3.19. The summed E-state index contributed by atoms with van der Waals surface area (Å²) < 4.78 is 20.9. The van der Waals surface area contributed by atoms with Crippen LogP contribution in [0.5, 0.6) is 11.5 Å². The van der Waals surface area contributed by atoms with Gasteiger partial charge in [-0.3, -0.25) is 9.59 Å². The van der Waals surface area contributed by atoms with Gasteiger partial charge in [-0.1, -0.05) is 19.3 Å². The molecule has 34 heavy (non-hydrogen) atoms. The summed E-state index contributed by atoms with van der Waals surface area (Å²) in [5, 5.41) is 8.44. The molecule has 0 aliphatic rings. The lowest BCUT2D eigenvalue weighted by Gasteiger charge is -2.14. The Morgan fingerprint density at radius 2 is 1.24 bits per heavy atom. The van der Waals surface area contributed by atoms with E-state index in [4.69, 9.17) is 18.9 Å². The van der Waals surface area contributed by atoms with Crippen molar-refractivity contribution >= 4 is 23.3 Å². The summed E-state index contributed by atoms with van der Waals surface area (Å²) >= 11 is 0. The third-order valence-corrected chi connectivity index (χ3v) is 4.99. The minimum atomic E-state index is -0.837. The first-order chi connectivity index (χ1) is 16.6. The van der Waals surface area contributed by atoms with Gasteiger partial charge in [0.2, 0.25) is 0 Å². The van der Waals surface area contributed by atoms with E-state index in [1.807, 2.05) is 48.5 Å². The van der Waals surface area contributed by atoms with Crippen molar-refractivity contribution in [3.05, 3.63) is 48.5 Å².